The molecule has 59 heavy (non-hydrogen) atoms. The maximum Gasteiger partial charge on any atom is 0.306 e. The second-order valence-corrected chi connectivity index (χ2v) is 18.9. The summed E-state index contributed by atoms with van der Waals surface area (Å²) in [6, 6.07) is 0. The van der Waals surface area contributed by atoms with Crippen LogP contribution in [-0.2, 0) is 28.6 Å². The summed E-state index contributed by atoms with van der Waals surface area (Å²) in [6.07, 6.45) is 46.6. The molecular formula is C53H102O6. The van der Waals surface area contributed by atoms with Crippen LogP contribution >= 0.6 is 0 Å². The van der Waals surface area contributed by atoms with E-state index >= 15 is 0 Å². The predicted octanol–water partition coefficient (Wildman–Crippen LogP) is 16.9. The first-order valence-electron chi connectivity index (χ1n) is 26.3. The molecule has 6 heteroatoms. The minimum absolute atomic E-state index is 0.0642. The minimum atomic E-state index is -0.762. The quantitative estimate of drug-likeness (QED) is 0.0345. The molecule has 350 valence electrons. The van der Waals surface area contributed by atoms with Gasteiger partial charge in [-0.15, -0.1) is 0 Å². The van der Waals surface area contributed by atoms with Gasteiger partial charge in [0.1, 0.15) is 13.2 Å². The standard InChI is InChI=1S/C53H102O6/c1-6-8-9-10-11-12-13-14-15-16-17-21-24-27-33-38-43-51(54)57-46-50(47-58-52(55)44-39-34-30-29-32-37-42-49(5)7-2)59-53(56)45-40-35-28-25-22-19-18-20-23-26-31-36-41-48(3)4/h48-50H,6-47H2,1-5H3/t49?,50-/m0/s1. The molecule has 0 N–H and O–H groups in total. The van der Waals surface area contributed by atoms with Crippen molar-refractivity contribution in [1.29, 1.82) is 0 Å². The number of rotatable bonds is 47. The van der Waals surface area contributed by atoms with E-state index in [1.807, 2.05) is 0 Å². The molecule has 0 saturated carbocycles. The zero-order chi connectivity index (χ0) is 43.3. The van der Waals surface area contributed by atoms with Gasteiger partial charge in [-0.25, -0.2) is 0 Å². The van der Waals surface area contributed by atoms with Gasteiger partial charge in [-0.05, 0) is 31.1 Å². The van der Waals surface area contributed by atoms with Gasteiger partial charge >= 0.3 is 17.9 Å². The lowest BCUT2D eigenvalue weighted by Gasteiger charge is -2.18. The highest BCUT2D eigenvalue weighted by molar-refractivity contribution is 5.71. The molecule has 0 aliphatic heterocycles. The summed E-state index contributed by atoms with van der Waals surface area (Å²) in [6.45, 7) is 11.4. The molecule has 0 bridgehead atoms. The molecule has 0 amide bonds. The van der Waals surface area contributed by atoms with Crippen LogP contribution in [0, 0.1) is 11.8 Å². The fraction of sp³-hybridized carbons (Fsp3) is 0.943. The van der Waals surface area contributed by atoms with Crippen molar-refractivity contribution in [3.05, 3.63) is 0 Å². The van der Waals surface area contributed by atoms with Gasteiger partial charge in [0.05, 0.1) is 0 Å². The summed E-state index contributed by atoms with van der Waals surface area (Å²) < 4.78 is 16.8. The molecular weight excluding hydrogens is 733 g/mol. The summed E-state index contributed by atoms with van der Waals surface area (Å²) in [5, 5.41) is 0. The van der Waals surface area contributed by atoms with Gasteiger partial charge in [-0.1, -0.05) is 253 Å². The summed E-state index contributed by atoms with van der Waals surface area (Å²) >= 11 is 0. The van der Waals surface area contributed by atoms with E-state index in [0.29, 0.717) is 19.3 Å². The Kier molecular flexibility index (Phi) is 44.7. The first kappa shape index (κ1) is 57.4. The average molecular weight is 835 g/mol. The lowest BCUT2D eigenvalue weighted by Crippen LogP contribution is -2.30. The predicted molar refractivity (Wildman–Crippen MR) is 252 cm³/mol. The highest BCUT2D eigenvalue weighted by Crippen LogP contribution is 2.18. The van der Waals surface area contributed by atoms with Gasteiger partial charge in [-0.2, -0.15) is 0 Å². The normalized spacial score (nSPS) is 12.5. The Balaban J connectivity index is 4.29. The molecule has 0 aliphatic rings. The number of hydrogen-bond donors (Lipinski definition) is 0. The second-order valence-electron chi connectivity index (χ2n) is 18.9. The maximum absolute atomic E-state index is 12.8. The van der Waals surface area contributed by atoms with Gasteiger partial charge in [0.15, 0.2) is 6.10 Å². The van der Waals surface area contributed by atoms with E-state index in [4.69, 9.17) is 14.2 Å². The zero-order valence-corrected chi connectivity index (χ0v) is 40.4. The lowest BCUT2D eigenvalue weighted by molar-refractivity contribution is -0.167. The van der Waals surface area contributed by atoms with Crippen molar-refractivity contribution in [3.63, 3.8) is 0 Å². The summed E-state index contributed by atoms with van der Waals surface area (Å²) in [5.74, 6) is 0.796. The molecule has 2 atom stereocenters. The third kappa shape index (κ3) is 45.8. The Morgan fingerprint density at radius 2 is 0.644 bits per heavy atom. The van der Waals surface area contributed by atoms with Crippen molar-refractivity contribution >= 4 is 17.9 Å². The number of esters is 3. The van der Waals surface area contributed by atoms with Crippen LogP contribution in [-0.4, -0.2) is 37.2 Å². The SMILES string of the molecule is CCCCCCCCCCCCCCCCCCC(=O)OC[C@@H](COC(=O)CCCCCCCCC(C)CC)OC(=O)CCCCCCCCCCCCCCC(C)C. The van der Waals surface area contributed by atoms with Crippen LogP contribution in [0.25, 0.3) is 0 Å². The van der Waals surface area contributed by atoms with E-state index in [-0.39, 0.29) is 31.1 Å². The topological polar surface area (TPSA) is 78.9 Å². The summed E-state index contributed by atoms with van der Waals surface area (Å²) in [7, 11) is 0. The van der Waals surface area contributed by atoms with E-state index in [9.17, 15) is 14.4 Å². The smallest absolute Gasteiger partial charge is 0.306 e. The van der Waals surface area contributed by atoms with E-state index < -0.39 is 6.10 Å². The molecule has 1 unspecified atom stereocenters. The molecule has 0 aliphatic carbocycles. The number of unbranched alkanes of at least 4 members (excludes halogenated alkanes) is 31. The van der Waals surface area contributed by atoms with Crippen molar-refractivity contribution in [2.24, 2.45) is 11.8 Å². The second kappa shape index (κ2) is 45.9. The first-order valence-corrected chi connectivity index (χ1v) is 26.3. The first-order chi connectivity index (χ1) is 28.8. The van der Waals surface area contributed by atoms with Gasteiger partial charge < -0.3 is 14.2 Å². The van der Waals surface area contributed by atoms with Gasteiger partial charge in [0, 0.05) is 19.3 Å². The van der Waals surface area contributed by atoms with Gasteiger partial charge in [-0.3, -0.25) is 14.4 Å². The summed E-state index contributed by atoms with van der Waals surface area (Å²) in [4.78, 5) is 37.9. The third-order valence-electron chi connectivity index (χ3n) is 12.3. The zero-order valence-electron chi connectivity index (χ0n) is 40.4. The Bertz CT molecular complexity index is 902. The van der Waals surface area contributed by atoms with Crippen LogP contribution in [0.3, 0.4) is 0 Å². The number of ether oxygens (including phenoxy) is 3. The van der Waals surface area contributed by atoms with Crippen molar-refractivity contribution < 1.29 is 28.6 Å². The fourth-order valence-electron chi connectivity index (χ4n) is 7.96. The Morgan fingerprint density at radius 1 is 0.356 bits per heavy atom. The maximum atomic E-state index is 12.8. The molecule has 0 rings (SSSR count). The third-order valence-corrected chi connectivity index (χ3v) is 12.3. The van der Waals surface area contributed by atoms with Gasteiger partial charge in [0.25, 0.3) is 0 Å². The van der Waals surface area contributed by atoms with Crippen molar-refractivity contribution in [2.75, 3.05) is 13.2 Å². The average Bonchev–Trinajstić information content (AvgIpc) is 3.22. The van der Waals surface area contributed by atoms with E-state index in [1.54, 1.807) is 0 Å². The van der Waals surface area contributed by atoms with Crippen LogP contribution in [0.5, 0.6) is 0 Å². The molecule has 0 spiro atoms. The molecule has 0 aromatic heterocycles. The lowest BCUT2D eigenvalue weighted by atomic mass is 10.00. The van der Waals surface area contributed by atoms with Crippen molar-refractivity contribution in [1.82, 2.24) is 0 Å². The van der Waals surface area contributed by atoms with Gasteiger partial charge in [0.2, 0.25) is 0 Å². The Hall–Kier alpha value is -1.59. The van der Waals surface area contributed by atoms with Crippen molar-refractivity contribution in [3.8, 4) is 0 Å². The molecule has 0 radical (unpaired) electrons. The van der Waals surface area contributed by atoms with Crippen molar-refractivity contribution in [2.45, 2.75) is 298 Å². The van der Waals surface area contributed by atoms with Crippen LogP contribution in [0.4, 0.5) is 0 Å². The van der Waals surface area contributed by atoms with Crippen LogP contribution in [0.2, 0.25) is 0 Å². The highest BCUT2D eigenvalue weighted by Gasteiger charge is 2.19. The molecule has 0 heterocycles. The molecule has 6 nitrogen and oxygen atoms in total. The van der Waals surface area contributed by atoms with E-state index in [1.165, 1.54) is 180 Å². The highest BCUT2D eigenvalue weighted by atomic mass is 16.6. The van der Waals surface area contributed by atoms with Crippen LogP contribution < -0.4 is 0 Å². The Morgan fingerprint density at radius 3 is 0.966 bits per heavy atom. The molecule has 0 aromatic rings. The number of carbonyl (C=O) groups is 3. The monoisotopic (exact) mass is 835 g/mol. The Labute approximate surface area is 368 Å². The molecule has 0 aromatic carbocycles. The molecule has 0 saturated heterocycles. The van der Waals surface area contributed by atoms with E-state index in [0.717, 1.165) is 69.6 Å². The van der Waals surface area contributed by atoms with Crippen LogP contribution in [0.1, 0.15) is 291 Å². The van der Waals surface area contributed by atoms with Crippen LogP contribution in [0.15, 0.2) is 0 Å². The fourth-order valence-corrected chi connectivity index (χ4v) is 7.96. The minimum Gasteiger partial charge on any atom is -0.462 e. The largest absolute Gasteiger partial charge is 0.462 e. The number of carbonyl (C=O) groups excluding carboxylic acids is 3. The number of hydrogen-bond acceptors (Lipinski definition) is 6. The summed E-state index contributed by atoms with van der Waals surface area (Å²) in [5.41, 5.74) is 0. The molecule has 0 fully saturated rings. The van der Waals surface area contributed by atoms with E-state index in [2.05, 4.69) is 34.6 Å².